The van der Waals surface area contributed by atoms with Crippen molar-refractivity contribution in [1.29, 1.82) is 0 Å². The molecule has 0 spiro atoms. The van der Waals surface area contributed by atoms with Gasteiger partial charge in [0.2, 0.25) is 5.91 Å². The molecule has 1 amide bonds. The number of phenolic OH excluding ortho intramolecular Hbond substituents is 1. The number of carbonyl (C=O) groups is 5. The van der Waals surface area contributed by atoms with Crippen LogP contribution in [0.5, 0.6) is 11.5 Å². The van der Waals surface area contributed by atoms with Crippen LogP contribution in [-0.4, -0.2) is 83.0 Å². The lowest BCUT2D eigenvalue weighted by Crippen LogP contribution is -2.74. The topological polar surface area (TPSA) is 176 Å². The van der Waals surface area contributed by atoms with E-state index in [9.17, 15) is 34.2 Å². The van der Waals surface area contributed by atoms with Crippen LogP contribution in [0, 0.1) is 23.7 Å². The van der Waals surface area contributed by atoms with Gasteiger partial charge in [0.05, 0.1) is 24.6 Å². The summed E-state index contributed by atoms with van der Waals surface area (Å²) in [5.74, 6) is -10.2. The third kappa shape index (κ3) is 4.66. The van der Waals surface area contributed by atoms with Gasteiger partial charge >= 0.3 is 0 Å². The van der Waals surface area contributed by atoms with Crippen molar-refractivity contribution < 1.29 is 38.9 Å². The van der Waals surface area contributed by atoms with Gasteiger partial charge in [-0.3, -0.25) is 28.9 Å². The van der Waals surface area contributed by atoms with Gasteiger partial charge in [-0.25, -0.2) is 0 Å². The zero-order valence-corrected chi connectivity index (χ0v) is 24.8. The highest BCUT2D eigenvalue weighted by Crippen LogP contribution is 2.52. The smallest absolute Gasteiger partial charge is 0.235 e. The Kier molecular flexibility index (Phi) is 7.78. The summed E-state index contributed by atoms with van der Waals surface area (Å²) in [6, 6.07) is 7.90. The predicted octanol–water partition coefficient (Wildman–Crippen LogP) is 1.04. The van der Waals surface area contributed by atoms with Crippen molar-refractivity contribution in [2.45, 2.75) is 50.9 Å². The van der Waals surface area contributed by atoms with Gasteiger partial charge in [-0.15, -0.1) is 0 Å². The number of hydrogen-bond acceptors (Lipinski definition) is 10. The lowest BCUT2D eigenvalue weighted by Gasteiger charge is -2.52. The van der Waals surface area contributed by atoms with Gasteiger partial charge in [0, 0.05) is 24.1 Å². The molecule has 0 radical (unpaired) electrons. The number of carbonyl (C=O) groups excluding carboxylic acids is 5. The number of benzene rings is 2. The first-order chi connectivity index (χ1) is 20.2. The predicted molar refractivity (Wildman–Crippen MR) is 155 cm³/mol. The summed E-state index contributed by atoms with van der Waals surface area (Å²) in [6.45, 7) is 4.67. The molecule has 3 aliphatic carbocycles. The van der Waals surface area contributed by atoms with Gasteiger partial charge in [-0.2, -0.15) is 0 Å². The number of hydrogen-bond donors (Lipinski definition) is 4. The van der Waals surface area contributed by atoms with Crippen LogP contribution in [0.25, 0.3) is 11.1 Å². The summed E-state index contributed by atoms with van der Waals surface area (Å²) in [4.78, 5) is 68.5. The Morgan fingerprint density at radius 1 is 1.12 bits per heavy atom. The molecule has 0 saturated heterocycles. The van der Waals surface area contributed by atoms with E-state index in [1.165, 1.54) is 18.1 Å². The van der Waals surface area contributed by atoms with Crippen LogP contribution < -0.4 is 15.8 Å². The largest absolute Gasteiger partial charge is 0.507 e. The van der Waals surface area contributed by atoms with E-state index in [1.807, 2.05) is 32.0 Å². The molecule has 2 unspecified atom stereocenters. The van der Waals surface area contributed by atoms with Gasteiger partial charge in [0.25, 0.3) is 0 Å². The highest BCUT2D eigenvalue weighted by atomic mass is 16.5. The van der Waals surface area contributed by atoms with Crippen molar-refractivity contribution in [3.05, 3.63) is 47.0 Å². The maximum absolute atomic E-state index is 14.1. The highest BCUT2D eigenvalue weighted by molar-refractivity contribution is 6.32. The SMILES string of the molecule is COc1ccc(CNC(C)C)cc1-c1ccc(O)c2c1C[C@@H]1C[C@@H]3[C@@H](N(C)C)C(=O)C(C(N)=O)C(=O)[C@]3(O)C(=O)C1C2=O. The molecule has 2 aromatic carbocycles. The number of aromatic hydroxyl groups is 1. The molecule has 0 aliphatic heterocycles. The number of nitrogens with one attached hydrogen (secondary N) is 1. The van der Waals surface area contributed by atoms with Crippen LogP contribution in [0.4, 0.5) is 0 Å². The monoisotopic (exact) mass is 591 g/mol. The molecule has 11 nitrogen and oxygen atoms in total. The number of fused-ring (bicyclic) bond motifs is 3. The molecular weight excluding hydrogens is 554 g/mol. The minimum absolute atomic E-state index is 0.0194. The number of Topliss-reactive ketones (excluding diaryl/α,β-unsaturated/α-hetero) is 4. The fraction of sp³-hybridized carbons (Fsp3) is 0.469. The Morgan fingerprint density at radius 3 is 2.42 bits per heavy atom. The number of rotatable bonds is 7. The summed E-state index contributed by atoms with van der Waals surface area (Å²) in [5, 5.41) is 26.0. The first-order valence-electron chi connectivity index (χ1n) is 14.3. The molecule has 228 valence electrons. The Hall–Kier alpha value is -3.93. The van der Waals surface area contributed by atoms with Gasteiger partial charge in [0.15, 0.2) is 34.7 Å². The molecule has 2 saturated carbocycles. The van der Waals surface area contributed by atoms with E-state index >= 15 is 0 Å². The number of nitrogens with zero attached hydrogens (tertiary/aromatic N) is 1. The van der Waals surface area contributed by atoms with Gasteiger partial charge in [-0.1, -0.05) is 26.0 Å². The molecule has 43 heavy (non-hydrogen) atoms. The lowest BCUT2D eigenvalue weighted by atomic mass is 9.52. The number of nitrogens with two attached hydrogens (primary N) is 1. The average Bonchev–Trinajstić information content (AvgIpc) is 2.93. The number of ketones is 4. The fourth-order valence-corrected chi connectivity index (χ4v) is 7.25. The number of amides is 1. The first-order valence-corrected chi connectivity index (χ1v) is 14.3. The number of primary amides is 1. The number of phenols is 1. The zero-order valence-electron chi connectivity index (χ0n) is 24.8. The Morgan fingerprint density at radius 2 is 1.81 bits per heavy atom. The van der Waals surface area contributed by atoms with Crippen molar-refractivity contribution in [1.82, 2.24) is 10.2 Å². The summed E-state index contributed by atoms with van der Waals surface area (Å²) >= 11 is 0. The Balaban J connectivity index is 1.64. The maximum atomic E-state index is 14.1. The van der Waals surface area contributed by atoms with Gasteiger partial charge < -0.3 is 26.0 Å². The van der Waals surface area contributed by atoms with E-state index < -0.39 is 64.4 Å². The minimum Gasteiger partial charge on any atom is -0.507 e. The molecule has 6 atom stereocenters. The lowest BCUT2D eigenvalue weighted by molar-refractivity contribution is -0.181. The summed E-state index contributed by atoms with van der Waals surface area (Å²) in [5.41, 5.74) is 5.40. The highest BCUT2D eigenvalue weighted by Gasteiger charge is 2.69. The number of ether oxygens (including phenoxy) is 1. The normalized spacial score (nSPS) is 28.5. The van der Waals surface area contributed by atoms with E-state index in [4.69, 9.17) is 10.5 Å². The van der Waals surface area contributed by atoms with E-state index in [0.29, 0.717) is 29.0 Å². The molecule has 0 heterocycles. The van der Waals surface area contributed by atoms with Gasteiger partial charge in [-0.05, 0) is 67.7 Å². The van der Waals surface area contributed by atoms with Crippen molar-refractivity contribution in [3.63, 3.8) is 0 Å². The summed E-state index contributed by atoms with van der Waals surface area (Å²) < 4.78 is 5.66. The van der Waals surface area contributed by atoms with Crippen molar-refractivity contribution >= 4 is 29.0 Å². The van der Waals surface area contributed by atoms with Crippen LogP contribution in [-0.2, 0) is 32.1 Å². The molecule has 0 aromatic heterocycles. The molecule has 2 aromatic rings. The first kappa shape index (κ1) is 30.5. The molecular formula is C32H37N3O8. The minimum atomic E-state index is -2.76. The number of methoxy groups -OCH3 is 1. The van der Waals surface area contributed by atoms with Crippen molar-refractivity contribution in [2.75, 3.05) is 21.2 Å². The maximum Gasteiger partial charge on any atom is 0.235 e. The van der Waals surface area contributed by atoms with Crippen LogP contribution in [0.15, 0.2) is 30.3 Å². The number of likely N-dealkylation sites (N-methyl/N-ethyl adjacent to an activating group) is 1. The zero-order chi connectivity index (χ0) is 31.5. The molecule has 11 heteroatoms. The molecule has 0 bridgehead atoms. The van der Waals surface area contributed by atoms with E-state index in [0.717, 1.165) is 5.56 Å². The van der Waals surface area contributed by atoms with Gasteiger partial charge in [0.1, 0.15) is 11.5 Å². The molecule has 3 aliphatic rings. The van der Waals surface area contributed by atoms with Crippen LogP contribution in [0.3, 0.4) is 0 Å². The summed E-state index contributed by atoms with van der Waals surface area (Å²) in [7, 11) is 4.65. The van der Waals surface area contributed by atoms with Crippen LogP contribution in [0.1, 0.15) is 41.8 Å². The van der Waals surface area contributed by atoms with Crippen molar-refractivity contribution in [2.24, 2.45) is 29.4 Å². The van der Waals surface area contributed by atoms with E-state index in [-0.39, 0.29) is 30.2 Å². The van der Waals surface area contributed by atoms with Crippen LogP contribution in [0.2, 0.25) is 0 Å². The number of aliphatic hydroxyl groups is 1. The van der Waals surface area contributed by atoms with Crippen LogP contribution >= 0.6 is 0 Å². The second-order valence-corrected chi connectivity index (χ2v) is 12.3. The third-order valence-corrected chi connectivity index (χ3v) is 9.21. The molecule has 2 fully saturated rings. The van der Waals surface area contributed by atoms with E-state index in [1.54, 1.807) is 20.2 Å². The Bertz CT molecular complexity index is 1550. The fourth-order valence-electron chi connectivity index (χ4n) is 7.25. The second-order valence-electron chi connectivity index (χ2n) is 12.3. The standard InChI is InChI=1S/C32H37N3O8/c1-14(2)34-13-15-6-9-22(43-5)18(10-15)17-7-8-21(36)24-19(17)11-16-12-20-26(35(3)4)28(38)25(31(33)41)30(40)32(20,42)29(39)23(16)27(24)37/h6-10,14,16,20,23,25-26,34,36,42H,11-13H2,1-5H3,(H2,33,41)/t16-,20-,23?,25?,26-,32-/m1/s1. The van der Waals surface area contributed by atoms with E-state index in [2.05, 4.69) is 5.32 Å². The Labute approximate surface area is 249 Å². The average molecular weight is 592 g/mol. The molecule has 5 N–H and O–H groups in total. The summed E-state index contributed by atoms with van der Waals surface area (Å²) in [6.07, 6.45) is 0.141. The second kappa shape index (κ2) is 11.0. The quantitative estimate of drug-likeness (QED) is 0.340. The molecule has 5 rings (SSSR count). The van der Waals surface area contributed by atoms with Crippen molar-refractivity contribution in [3.8, 4) is 22.6 Å². The third-order valence-electron chi connectivity index (χ3n) is 9.21.